The molecule has 2 N–H and O–H groups in total. The maximum Gasteiger partial charge on any atom is 0.272 e. The zero-order valence-corrected chi connectivity index (χ0v) is 7.92. The molecule has 0 saturated carbocycles. The molecule has 0 saturated heterocycles. The molecule has 0 amide bonds. The third kappa shape index (κ3) is 2.51. The topological polar surface area (TPSA) is 61.0 Å². The number of hydrogen-bond donors (Lipinski definition) is 1. The highest BCUT2D eigenvalue weighted by molar-refractivity contribution is 5.44. The van der Waals surface area contributed by atoms with Crippen molar-refractivity contribution in [3.8, 4) is 5.88 Å². The number of nitrogens with zero attached hydrogens (tertiary/aromatic N) is 2. The molecule has 1 aromatic rings. The molecule has 1 aromatic heterocycles. The van der Waals surface area contributed by atoms with Crippen LogP contribution in [0, 0.1) is 13.8 Å². The summed E-state index contributed by atoms with van der Waals surface area (Å²) >= 11 is 0. The molecule has 0 atom stereocenters. The Morgan fingerprint density at radius 3 is 2.57 bits per heavy atom. The highest BCUT2D eigenvalue weighted by Gasteiger charge is 2.10. The van der Waals surface area contributed by atoms with Crippen molar-refractivity contribution in [3.05, 3.63) is 11.4 Å². The fourth-order valence-electron chi connectivity index (χ4n) is 0.906. The van der Waals surface area contributed by atoms with Gasteiger partial charge in [0.2, 0.25) is 5.88 Å². The van der Waals surface area contributed by atoms with Gasteiger partial charge in [-0.25, -0.2) is 13.8 Å². The predicted molar refractivity (Wildman–Crippen MR) is 47.4 cm³/mol. The maximum absolute atomic E-state index is 11.9. The Balaban J connectivity index is 2.85. The lowest BCUT2D eigenvalue weighted by molar-refractivity contribution is 0.0791. The summed E-state index contributed by atoms with van der Waals surface area (Å²) < 4.78 is 28.5. The first kappa shape index (κ1) is 10.6. The van der Waals surface area contributed by atoms with Gasteiger partial charge in [-0.15, -0.1) is 0 Å². The van der Waals surface area contributed by atoms with Gasteiger partial charge in [0.25, 0.3) is 6.43 Å². The SMILES string of the molecule is Cc1nc(N)c(C)c(OCC(F)F)n1. The third-order valence-electron chi connectivity index (χ3n) is 1.60. The van der Waals surface area contributed by atoms with Crippen LogP contribution in [0.4, 0.5) is 14.6 Å². The second-order valence-electron chi connectivity index (χ2n) is 2.79. The standard InChI is InChI=1S/C8H11F2N3O/c1-4-7(11)12-5(2)13-8(4)14-3-6(9)10/h6H,3H2,1-2H3,(H2,11,12,13). The Morgan fingerprint density at radius 1 is 1.36 bits per heavy atom. The number of nitrogens with two attached hydrogens (primary N) is 1. The first-order valence-corrected chi connectivity index (χ1v) is 4.02. The highest BCUT2D eigenvalue weighted by atomic mass is 19.3. The summed E-state index contributed by atoms with van der Waals surface area (Å²) in [5.74, 6) is 0.773. The molecular weight excluding hydrogens is 192 g/mol. The molecular formula is C8H11F2N3O. The zero-order valence-electron chi connectivity index (χ0n) is 7.92. The molecule has 14 heavy (non-hydrogen) atoms. The van der Waals surface area contributed by atoms with E-state index < -0.39 is 13.0 Å². The van der Waals surface area contributed by atoms with Gasteiger partial charge in [0.15, 0.2) is 6.61 Å². The molecule has 0 radical (unpaired) electrons. The van der Waals surface area contributed by atoms with Gasteiger partial charge in [-0.2, -0.15) is 4.98 Å². The molecule has 0 aliphatic heterocycles. The van der Waals surface area contributed by atoms with Crippen LogP contribution in [-0.2, 0) is 0 Å². The van der Waals surface area contributed by atoms with Gasteiger partial charge in [-0.05, 0) is 13.8 Å². The van der Waals surface area contributed by atoms with E-state index in [1.54, 1.807) is 13.8 Å². The number of rotatable bonds is 3. The van der Waals surface area contributed by atoms with Crippen molar-refractivity contribution in [1.29, 1.82) is 0 Å². The molecule has 4 nitrogen and oxygen atoms in total. The van der Waals surface area contributed by atoms with E-state index >= 15 is 0 Å². The summed E-state index contributed by atoms with van der Waals surface area (Å²) in [7, 11) is 0. The van der Waals surface area contributed by atoms with Crippen LogP contribution in [0.2, 0.25) is 0 Å². The van der Waals surface area contributed by atoms with Crippen molar-refractivity contribution in [3.63, 3.8) is 0 Å². The van der Waals surface area contributed by atoms with Gasteiger partial charge < -0.3 is 10.5 Å². The summed E-state index contributed by atoms with van der Waals surface area (Å²) in [4.78, 5) is 7.72. The summed E-state index contributed by atoms with van der Waals surface area (Å²) in [6.45, 7) is 2.55. The Morgan fingerprint density at radius 2 is 2.00 bits per heavy atom. The molecule has 0 aromatic carbocycles. The highest BCUT2D eigenvalue weighted by Crippen LogP contribution is 2.19. The van der Waals surface area contributed by atoms with Crippen LogP contribution >= 0.6 is 0 Å². The average molecular weight is 203 g/mol. The Bertz CT molecular complexity index is 331. The van der Waals surface area contributed by atoms with Crippen molar-refractivity contribution in [2.24, 2.45) is 0 Å². The quantitative estimate of drug-likeness (QED) is 0.804. The number of aryl methyl sites for hydroxylation is 1. The molecule has 0 aliphatic carbocycles. The van der Waals surface area contributed by atoms with E-state index in [4.69, 9.17) is 10.5 Å². The van der Waals surface area contributed by atoms with E-state index in [-0.39, 0.29) is 11.7 Å². The van der Waals surface area contributed by atoms with Gasteiger partial charge in [0.1, 0.15) is 11.6 Å². The molecule has 0 unspecified atom stereocenters. The van der Waals surface area contributed by atoms with Crippen LogP contribution in [0.15, 0.2) is 0 Å². The summed E-state index contributed by atoms with van der Waals surface area (Å²) in [5.41, 5.74) is 5.99. The largest absolute Gasteiger partial charge is 0.471 e. The maximum atomic E-state index is 11.9. The Labute approximate surface area is 80.1 Å². The van der Waals surface area contributed by atoms with Crippen molar-refractivity contribution in [2.45, 2.75) is 20.3 Å². The van der Waals surface area contributed by atoms with E-state index in [0.717, 1.165) is 0 Å². The number of anilines is 1. The van der Waals surface area contributed by atoms with Crippen molar-refractivity contribution >= 4 is 5.82 Å². The monoisotopic (exact) mass is 203 g/mol. The third-order valence-corrected chi connectivity index (χ3v) is 1.60. The van der Waals surface area contributed by atoms with Gasteiger partial charge >= 0.3 is 0 Å². The minimum Gasteiger partial charge on any atom is -0.471 e. The number of halogens is 2. The molecule has 1 rings (SSSR count). The summed E-state index contributed by atoms with van der Waals surface area (Å²) in [6, 6.07) is 0. The predicted octanol–water partition coefficient (Wildman–Crippen LogP) is 1.32. The molecule has 0 bridgehead atoms. The molecule has 0 aliphatic rings. The van der Waals surface area contributed by atoms with Crippen molar-refractivity contribution in [1.82, 2.24) is 9.97 Å². The summed E-state index contributed by atoms with van der Waals surface area (Å²) in [5, 5.41) is 0. The molecule has 0 fully saturated rings. The van der Waals surface area contributed by atoms with Gasteiger partial charge in [0.05, 0.1) is 5.56 Å². The lowest BCUT2D eigenvalue weighted by Gasteiger charge is -2.09. The molecule has 78 valence electrons. The Kier molecular flexibility index (Phi) is 3.16. The minimum absolute atomic E-state index is 0.121. The van der Waals surface area contributed by atoms with Crippen molar-refractivity contribution in [2.75, 3.05) is 12.3 Å². The number of aromatic nitrogens is 2. The van der Waals surface area contributed by atoms with E-state index in [1.165, 1.54) is 0 Å². The van der Waals surface area contributed by atoms with Crippen LogP contribution in [0.3, 0.4) is 0 Å². The van der Waals surface area contributed by atoms with Crippen LogP contribution in [0.5, 0.6) is 5.88 Å². The zero-order chi connectivity index (χ0) is 10.7. The van der Waals surface area contributed by atoms with Gasteiger partial charge in [0, 0.05) is 0 Å². The van der Waals surface area contributed by atoms with Crippen LogP contribution in [0.1, 0.15) is 11.4 Å². The van der Waals surface area contributed by atoms with E-state index in [2.05, 4.69) is 9.97 Å². The van der Waals surface area contributed by atoms with Gasteiger partial charge in [-0.3, -0.25) is 0 Å². The first-order valence-electron chi connectivity index (χ1n) is 4.02. The molecule has 6 heteroatoms. The molecule has 1 heterocycles. The molecule has 0 spiro atoms. The smallest absolute Gasteiger partial charge is 0.272 e. The first-order chi connectivity index (χ1) is 6.50. The lowest BCUT2D eigenvalue weighted by Crippen LogP contribution is -2.11. The lowest BCUT2D eigenvalue weighted by atomic mass is 10.3. The van der Waals surface area contributed by atoms with E-state index in [9.17, 15) is 8.78 Å². The van der Waals surface area contributed by atoms with E-state index in [0.29, 0.717) is 11.4 Å². The normalized spacial score (nSPS) is 10.6. The van der Waals surface area contributed by atoms with E-state index in [1.807, 2.05) is 0 Å². The average Bonchev–Trinajstić information content (AvgIpc) is 2.08. The van der Waals surface area contributed by atoms with Crippen molar-refractivity contribution < 1.29 is 13.5 Å². The second kappa shape index (κ2) is 4.17. The minimum atomic E-state index is -2.52. The number of alkyl halides is 2. The number of nitrogen functional groups attached to an aromatic ring is 1. The van der Waals surface area contributed by atoms with Crippen LogP contribution in [-0.4, -0.2) is 23.0 Å². The second-order valence-corrected chi connectivity index (χ2v) is 2.79. The number of hydrogen-bond acceptors (Lipinski definition) is 4. The summed E-state index contributed by atoms with van der Waals surface area (Å²) in [6.07, 6.45) is -2.52. The Hall–Kier alpha value is -1.46. The fraction of sp³-hybridized carbons (Fsp3) is 0.500. The number of ether oxygens (including phenoxy) is 1. The van der Waals surface area contributed by atoms with Crippen LogP contribution in [0.25, 0.3) is 0 Å². The van der Waals surface area contributed by atoms with Crippen LogP contribution < -0.4 is 10.5 Å². The van der Waals surface area contributed by atoms with Gasteiger partial charge in [-0.1, -0.05) is 0 Å². The fourth-order valence-corrected chi connectivity index (χ4v) is 0.906.